The minimum Gasteiger partial charge on any atom is -0.383 e. The van der Waals surface area contributed by atoms with Gasteiger partial charge in [-0.1, -0.05) is 25.1 Å². The summed E-state index contributed by atoms with van der Waals surface area (Å²) in [6, 6.07) is 13.4. The van der Waals surface area contributed by atoms with E-state index >= 15 is 0 Å². The zero-order valence-corrected chi connectivity index (χ0v) is 16.1. The second kappa shape index (κ2) is 6.89. The van der Waals surface area contributed by atoms with Crippen LogP contribution in [0.2, 0.25) is 0 Å². The minimum absolute atomic E-state index is 0.498. The molecule has 3 aromatic heterocycles. The van der Waals surface area contributed by atoms with E-state index in [1.807, 2.05) is 18.3 Å². The SMILES string of the molecule is CC(Cc1ccc2cccnc2c1)C1CCC(n2ccc3c(N)ncnc32)C1. The van der Waals surface area contributed by atoms with Gasteiger partial charge in [0.1, 0.15) is 17.8 Å². The highest BCUT2D eigenvalue weighted by Gasteiger charge is 2.30. The second-order valence-electron chi connectivity index (χ2n) is 8.16. The van der Waals surface area contributed by atoms with Crippen LogP contribution in [-0.4, -0.2) is 19.5 Å². The van der Waals surface area contributed by atoms with Gasteiger partial charge in [0.05, 0.1) is 10.9 Å². The molecule has 5 rings (SSSR count). The van der Waals surface area contributed by atoms with Gasteiger partial charge in [0.2, 0.25) is 0 Å². The molecular weight excluding hydrogens is 346 g/mol. The van der Waals surface area contributed by atoms with Gasteiger partial charge in [-0.15, -0.1) is 0 Å². The lowest BCUT2D eigenvalue weighted by atomic mass is 9.87. The van der Waals surface area contributed by atoms with Crippen LogP contribution in [0.15, 0.2) is 55.1 Å². The van der Waals surface area contributed by atoms with Crippen LogP contribution >= 0.6 is 0 Å². The lowest BCUT2D eigenvalue weighted by Crippen LogP contribution is -2.13. The number of anilines is 1. The Kier molecular flexibility index (Phi) is 4.23. The number of hydrogen-bond acceptors (Lipinski definition) is 4. The average molecular weight is 371 g/mol. The summed E-state index contributed by atoms with van der Waals surface area (Å²) in [5, 5.41) is 2.17. The summed E-state index contributed by atoms with van der Waals surface area (Å²) >= 11 is 0. The molecule has 28 heavy (non-hydrogen) atoms. The molecule has 1 aliphatic rings. The van der Waals surface area contributed by atoms with E-state index in [4.69, 9.17) is 5.73 Å². The Morgan fingerprint density at radius 2 is 2.07 bits per heavy atom. The Balaban J connectivity index is 1.31. The number of pyridine rings is 1. The molecule has 142 valence electrons. The van der Waals surface area contributed by atoms with Gasteiger partial charge < -0.3 is 10.3 Å². The number of nitrogen functional groups attached to an aromatic ring is 1. The average Bonchev–Trinajstić information content (AvgIpc) is 3.35. The molecule has 3 heterocycles. The number of aromatic nitrogens is 4. The molecule has 5 nitrogen and oxygen atoms in total. The van der Waals surface area contributed by atoms with Crippen molar-refractivity contribution in [3.8, 4) is 0 Å². The van der Waals surface area contributed by atoms with Gasteiger partial charge in [0.15, 0.2) is 0 Å². The first kappa shape index (κ1) is 17.2. The molecular formula is C23H25N5. The molecule has 4 aromatic rings. The van der Waals surface area contributed by atoms with E-state index in [9.17, 15) is 0 Å². The van der Waals surface area contributed by atoms with Crippen molar-refractivity contribution in [1.82, 2.24) is 19.5 Å². The van der Waals surface area contributed by atoms with Crippen LogP contribution < -0.4 is 5.73 Å². The quantitative estimate of drug-likeness (QED) is 0.560. The third-order valence-corrected chi connectivity index (χ3v) is 6.41. The predicted molar refractivity (Wildman–Crippen MR) is 113 cm³/mol. The van der Waals surface area contributed by atoms with Crippen molar-refractivity contribution in [2.75, 3.05) is 5.73 Å². The van der Waals surface area contributed by atoms with E-state index in [-0.39, 0.29) is 0 Å². The van der Waals surface area contributed by atoms with Gasteiger partial charge in [-0.25, -0.2) is 9.97 Å². The van der Waals surface area contributed by atoms with Crippen LogP contribution in [0.5, 0.6) is 0 Å². The highest BCUT2D eigenvalue weighted by atomic mass is 15.1. The normalized spacial score (nSPS) is 20.8. The summed E-state index contributed by atoms with van der Waals surface area (Å²) in [6.07, 6.45) is 10.3. The van der Waals surface area contributed by atoms with Gasteiger partial charge in [-0.3, -0.25) is 4.98 Å². The molecule has 0 radical (unpaired) electrons. The van der Waals surface area contributed by atoms with E-state index in [1.165, 1.54) is 30.2 Å². The van der Waals surface area contributed by atoms with Crippen molar-refractivity contribution in [3.63, 3.8) is 0 Å². The monoisotopic (exact) mass is 371 g/mol. The largest absolute Gasteiger partial charge is 0.383 e. The van der Waals surface area contributed by atoms with Crippen molar-refractivity contribution in [3.05, 3.63) is 60.7 Å². The standard InChI is InChI=1S/C23H25N5/c1-15(11-16-4-5-17-3-2-9-25-21(17)12-16)18-6-7-19(13-18)28-10-8-20-22(24)26-14-27-23(20)28/h2-5,8-10,12,14-15,18-19H,6-7,11,13H2,1H3,(H2,24,26,27). The minimum atomic E-state index is 0.498. The number of benzene rings is 1. The predicted octanol–water partition coefficient (Wildman–Crippen LogP) is 4.78. The van der Waals surface area contributed by atoms with Gasteiger partial charge in [0.25, 0.3) is 0 Å². The van der Waals surface area contributed by atoms with Crippen LogP contribution in [0.3, 0.4) is 0 Å². The fourth-order valence-corrected chi connectivity index (χ4v) is 4.82. The molecule has 0 amide bonds. The number of nitrogens with two attached hydrogens (primary N) is 1. The molecule has 3 atom stereocenters. The molecule has 0 aliphatic heterocycles. The summed E-state index contributed by atoms with van der Waals surface area (Å²) in [6.45, 7) is 2.39. The molecule has 1 aromatic carbocycles. The topological polar surface area (TPSA) is 69.6 Å². The number of rotatable bonds is 4. The smallest absolute Gasteiger partial charge is 0.145 e. The Hall–Kier alpha value is -2.95. The summed E-state index contributed by atoms with van der Waals surface area (Å²) in [4.78, 5) is 13.1. The van der Waals surface area contributed by atoms with E-state index in [0.717, 1.165) is 28.9 Å². The zero-order valence-electron chi connectivity index (χ0n) is 16.1. The van der Waals surface area contributed by atoms with E-state index < -0.39 is 0 Å². The fraction of sp³-hybridized carbons (Fsp3) is 0.348. The third-order valence-electron chi connectivity index (χ3n) is 6.41. The van der Waals surface area contributed by atoms with Gasteiger partial charge in [-0.2, -0.15) is 0 Å². The number of hydrogen-bond donors (Lipinski definition) is 1. The van der Waals surface area contributed by atoms with Crippen molar-refractivity contribution >= 4 is 27.8 Å². The molecule has 0 bridgehead atoms. The van der Waals surface area contributed by atoms with E-state index in [2.05, 4.69) is 56.9 Å². The third kappa shape index (κ3) is 3.01. The molecule has 0 spiro atoms. The van der Waals surface area contributed by atoms with Crippen LogP contribution in [-0.2, 0) is 6.42 Å². The van der Waals surface area contributed by atoms with Crippen molar-refractivity contribution in [1.29, 1.82) is 0 Å². The molecule has 2 N–H and O–H groups in total. The molecule has 0 saturated heterocycles. The lowest BCUT2D eigenvalue weighted by Gasteiger charge is -2.20. The Morgan fingerprint density at radius 3 is 3.00 bits per heavy atom. The maximum atomic E-state index is 6.00. The molecule has 1 saturated carbocycles. The van der Waals surface area contributed by atoms with Gasteiger partial charge >= 0.3 is 0 Å². The fourth-order valence-electron chi connectivity index (χ4n) is 4.82. The van der Waals surface area contributed by atoms with Gasteiger partial charge in [-0.05, 0) is 61.3 Å². The van der Waals surface area contributed by atoms with Crippen molar-refractivity contribution < 1.29 is 0 Å². The molecule has 5 heteroatoms. The summed E-state index contributed by atoms with van der Waals surface area (Å²) in [5.41, 5.74) is 9.44. The van der Waals surface area contributed by atoms with Crippen molar-refractivity contribution in [2.24, 2.45) is 11.8 Å². The van der Waals surface area contributed by atoms with Crippen LogP contribution in [0.1, 0.15) is 37.8 Å². The molecule has 3 unspecified atom stereocenters. The maximum absolute atomic E-state index is 6.00. The van der Waals surface area contributed by atoms with E-state index in [0.29, 0.717) is 17.8 Å². The first-order valence-corrected chi connectivity index (χ1v) is 10.1. The first-order chi connectivity index (χ1) is 13.7. The number of nitrogens with zero attached hydrogens (tertiary/aromatic N) is 4. The molecule has 1 aliphatic carbocycles. The second-order valence-corrected chi connectivity index (χ2v) is 8.16. The Labute approximate surface area is 164 Å². The lowest BCUT2D eigenvalue weighted by molar-refractivity contribution is 0.351. The molecule has 1 fully saturated rings. The van der Waals surface area contributed by atoms with Crippen LogP contribution in [0.25, 0.3) is 21.9 Å². The highest BCUT2D eigenvalue weighted by Crippen LogP contribution is 2.41. The summed E-state index contributed by atoms with van der Waals surface area (Å²) < 4.78 is 2.31. The highest BCUT2D eigenvalue weighted by molar-refractivity contribution is 5.86. The van der Waals surface area contributed by atoms with Gasteiger partial charge in [0, 0.05) is 23.8 Å². The van der Waals surface area contributed by atoms with E-state index in [1.54, 1.807) is 6.33 Å². The summed E-state index contributed by atoms with van der Waals surface area (Å²) in [7, 11) is 0. The summed E-state index contributed by atoms with van der Waals surface area (Å²) in [5.74, 6) is 1.94. The maximum Gasteiger partial charge on any atom is 0.145 e. The van der Waals surface area contributed by atoms with Crippen LogP contribution in [0.4, 0.5) is 5.82 Å². The zero-order chi connectivity index (χ0) is 19.1. The number of fused-ring (bicyclic) bond motifs is 2. The Morgan fingerprint density at radius 1 is 1.14 bits per heavy atom. The Bertz CT molecular complexity index is 1130. The van der Waals surface area contributed by atoms with Crippen LogP contribution in [0, 0.1) is 11.8 Å². The van der Waals surface area contributed by atoms with Crippen molar-refractivity contribution in [2.45, 2.75) is 38.6 Å². The first-order valence-electron chi connectivity index (χ1n) is 10.1.